The lowest BCUT2D eigenvalue weighted by Gasteiger charge is -2.07. The van der Waals surface area contributed by atoms with Crippen LogP contribution in [0, 0.1) is 0 Å². The Bertz CT molecular complexity index is 721. The highest BCUT2D eigenvalue weighted by Crippen LogP contribution is 2.12. The third-order valence-corrected chi connectivity index (χ3v) is 3.19. The minimum absolute atomic E-state index is 0. The molecule has 0 radical (unpaired) electrons. The zero-order valence-electron chi connectivity index (χ0n) is 12.5. The predicted molar refractivity (Wildman–Crippen MR) is 104 cm³/mol. The topological polar surface area (TPSA) is 50.2 Å². The second-order valence-corrected chi connectivity index (χ2v) is 4.95. The van der Waals surface area contributed by atoms with Crippen molar-refractivity contribution in [1.82, 2.24) is 9.97 Å². The van der Waals surface area contributed by atoms with Crippen molar-refractivity contribution in [1.29, 1.82) is 0 Å². The van der Waals surface area contributed by atoms with Crippen molar-refractivity contribution in [3.05, 3.63) is 89.3 Å². The molecule has 7 heteroatoms. The number of anilines is 1. The third-order valence-electron chi connectivity index (χ3n) is 2.96. The highest BCUT2D eigenvalue weighted by Gasteiger charge is 2.07. The van der Waals surface area contributed by atoms with E-state index in [-0.39, 0.29) is 24.8 Å². The van der Waals surface area contributed by atoms with Crippen LogP contribution in [-0.4, -0.2) is 15.7 Å². The largest absolute Gasteiger partial charge is 0.261 e. The minimum atomic E-state index is 0. The molecule has 0 spiro atoms. The van der Waals surface area contributed by atoms with Crippen molar-refractivity contribution in [3.63, 3.8) is 0 Å². The molecule has 0 unspecified atom stereocenters. The summed E-state index contributed by atoms with van der Waals surface area (Å²) in [5, 5.41) is 5.05. The minimum Gasteiger partial charge on any atom is -0.261 e. The summed E-state index contributed by atoms with van der Waals surface area (Å²) in [4.78, 5) is 8.54. The van der Waals surface area contributed by atoms with E-state index in [1.54, 1.807) is 24.5 Å². The van der Waals surface area contributed by atoms with Gasteiger partial charge in [-0.3, -0.25) is 10.4 Å². The average Bonchev–Trinajstić information content (AvgIpc) is 2.59. The van der Waals surface area contributed by atoms with Crippen LogP contribution in [-0.2, 0) is 0 Å². The molecule has 0 fully saturated rings. The summed E-state index contributed by atoms with van der Waals surface area (Å²) in [6, 6.07) is 19.1. The second kappa shape index (κ2) is 9.88. The molecule has 4 nitrogen and oxygen atoms in total. The van der Waals surface area contributed by atoms with Crippen molar-refractivity contribution in [2.45, 2.75) is 0 Å². The summed E-state index contributed by atoms with van der Waals surface area (Å²) < 4.78 is 0. The first-order chi connectivity index (χ1) is 10.8. The van der Waals surface area contributed by atoms with Crippen molar-refractivity contribution < 1.29 is 0 Å². The molecule has 1 N–H and O–H groups in total. The molecule has 24 heavy (non-hydrogen) atoms. The molecule has 0 bridgehead atoms. The zero-order chi connectivity index (χ0) is 15.2. The Balaban J connectivity index is 0.00000144. The fourth-order valence-corrected chi connectivity index (χ4v) is 2.04. The number of hydrazone groups is 1. The first-order valence-corrected chi connectivity index (χ1v) is 7.13. The van der Waals surface area contributed by atoms with Gasteiger partial charge in [-0.1, -0.05) is 48.0 Å². The maximum absolute atomic E-state index is 5.83. The molecule has 0 aliphatic heterocycles. The van der Waals surface area contributed by atoms with Gasteiger partial charge in [0.25, 0.3) is 0 Å². The van der Waals surface area contributed by atoms with Crippen molar-refractivity contribution >= 4 is 47.9 Å². The van der Waals surface area contributed by atoms with Crippen LogP contribution >= 0.6 is 36.4 Å². The van der Waals surface area contributed by atoms with Crippen molar-refractivity contribution in [3.8, 4) is 0 Å². The van der Waals surface area contributed by atoms with Crippen LogP contribution in [0.3, 0.4) is 0 Å². The normalized spacial score (nSPS) is 10.3. The van der Waals surface area contributed by atoms with Crippen LogP contribution in [0.2, 0.25) is 5.02 Å². The van der Waals surface area contributed by atoms with Crippen LogP contribution in [0.1, 0.15) is 11.3 Å². The standard InChI is InChI=1S/C17H13ClN4.2ClH/c18-14-9-10-16(20-12-14)21-22-17(13-6-2-1-3-7-13)15-8-4-5-11-19-15;;/h1-12H,(H,20,21);2*1H/b22-17+;;. The molecule has 2 aromatic heterocycles. The van der Waals surface area contributed by atoms with Gasteiger partial charge in [0, 0.05) is 18.0 Å². The number of rotatable bonds is 4. The monoisotopic (exact) mass is 380 g/mol. The highest BCUT2D eigenvalue weighted by atomic mass is 35.5. The van der Waals surface area contributed by atoms with Crippen LogP contribution in [0.5, 0.6) is 0 Å². The molecule has 124 valence electrons. The Hall–Kier alpha value is -2.14. The van der Waals surface area contributed by atoms with Gasteiger partial charge in [-0.15, -0.1) is 24.8 Å². The predicted octanol–water partition coefficient (Wildman–Crippen LogP) is 4.84. The molecule has 0 aliphatic carbocycles. The number of benzene rings is 1. The molecule has 0 amide bonds. The fraction of sp³-hybridized carbons (Fsp3) is 0. The summed E-state index contributed by atoms with van der Waals surface area (Å²) in [5.74, 6) is 0.619. The Kier molecular flexibility index (Phi) is 8.19. The molecule has 2 heterocycles. The molecule has 3 rings (SSSR count). The number of nitrogens with zero attached hydrogens (tertiary/aromatic N) is 3. The maximum atomic E-state index is 5.83. The number of pyridine rings is 2. The van der Waals surface area contributed by atoms with Gasteiger partial charge in [0.15, 0.2) is 0 Å². The Morgan fingerprint density at radius 3 is 2.25 bits per heavy atom. The number of hydrogen-bond acceptors (Lipinski definition) is 4. The van der Waals surface area contributed by atoms with Gasteiger partial charge in [-0.2, -0.15) is 5.10 Å². The van der Waals surface area contributed by atoms with Crippen molar-refractivity contribution in [2.24, 2.45) is 5.10 Å². The third kappa shape index (κ3) is 5.20. The Labute approximate surface area is 157 Å². The number of halogens is 3. The van der Waals surface area contributed by atoms with Gasteiger partial charge in [-0.25, -0.2) is 4.98 Å². The van der Waals surface area contributed by atoms with E-state index in [0.29, 0.717) is 10.8 Å². The number of hydrogen-bond donors (Lipinski definition) is 1. The van der Waals surface area contributed by atoms with Gasteiger partial charge in [0.05, 0.1) is 10.7 Å². The lowest BCUT2D eigenvalue weighted by molar-refractivity contribution is 1.21. The molecule has 0 saturated heterocycles. The van der Waals surface area contributed by atoms with E-state index < -0.39 is 0 Å². The quantitative estimate of drug-likeness (QED) is 0.520. The molecule has 0 saturated carbocycles. The van der Waals surface area contributed by atoms with E-state index in [1.807, 2.05) is 48.5 Å². The first-order valence-electron chi connectivity index (χ1n) is 6.75. The molecule has 1 aromatic carbocycles. The van der Waals surface area contributed by atoms with E-state index in [4.69, 9.17) is 11.6 Å². The first kappa shape index (κ1) is 19.9. The summed E-state index contributed by atoms with van der Waals surface area (Å²) >= 11 is 5.83. The smallest absolute Gasteiger partial charge is 0.146 e. The SMILES string of the molecule is Cl.Cl.Clc1ccc(N/N=C(\c2ccccc2)c2ccccn2)nc1. The van der Waals surface area contributed by atoms with Gasteiger partial charge in [0.2, 0.25) is 0 Å². The maximum Gasteiger partial charge on any atom is 0.146 e. The van der Waals surface area contributed by atoms with E-state index >= 15 is 0 Å². The Morgan fingerprint density at radius 1 is 0.875 bits per heavy atom. The van der Waals surface area contributed by atoms with Gasteiger partial charge in [-0.05, 0) is 24.3 Å². The fourth-order valence-electron chi connectivity index (χ4n) is 1.92. The van der Waals surface area contributed by atoms with Gasteiger partial charge >= 0.3 is 0 Å². The molecular weight excluding hydrogens is 367 g/mol. The van der Waals surface area contributed by atoms with Crippen LogP contribution < -0.4 is 5.43 Å². The number of nitrogens with one attached hydrogen (secondary N) is 1. The highest BCUT2D eigenvalue weighted by molar-refractivity contribution is 6.30. The Morgan fingerprint density at radius 2 is 1.62 bits per heavy atom. The summed E-state index contributed by atoms with van der Waals surface area (Å²) in [5.41, 5.74) is 5.46. The summed E-state index contributed by atoms with van der Waals surface area (Å²) in [6.07, 6.45) is 3.32. The van der Waals surface area contributed by atoms with Gasteiger partial charge in [0.1, 0.15) is 11.5 Å². The van der Waals surface area contributed by atoms with E-state index in [0.717, 1.165) is 17.0 Å². The van der Waals surface area contributed by atoms with Crippen LogP contribution in [0.25, 0.3) is 0 Å². The van der Waals surface area contributed by atoms with Gasteiger partial charge < -0.3 is 0 Å². The summed E-state index contributed by atoms with van der Waals surface area (Å²) in [6.45, 7) is 0. The number of aromatic nitrogens is 2. The van der Waals surface area contributed by atoms with E-state index in [1.165, 1.54) is 0 Å². The summed E-state index contributed by atoms with van der Waals surface area (Å²) in [7, 11) is 0. The average molecular weight is 382 g/mol. The zero-order valence-corrected chi connectivity index (χ0v) is 14.9. The van der Waals surface area contributed by atoms with Crippen LogP contribution in [0.15, 0.2) is 78.2 Å². The lowest BCUT2D eigenvalue weighted by Crippen LogP contribution is -2.08. The molecule has 0 aliphatic rings. The molecule has 3 aromatic rings. The van der Waals surface area contributed by atoms with E-state index in [2.05, 4.69) is 20.5 Å². The molecule has 0 atom stereocenters. The van der Waals surface area contributed by atoms with Crippen molar-refractivity contribution in [2.75, 3.05) is 5.43 Å². The molecular formula is C17H15Cl3N4. The van der Waals surface area contributed by atoms with Crippen LogP contribution in [0.4, 0.5) is 5.82 Å². The van der Waals surface area contributed by atoms with E-state index in [9.17, 15) is 0 Å². The lowest BCUT2D eigenvalue weighted by atomic mass is 10.1. The second-order valence-electron chi connectivity index (χ2n) is 4.51.